The average Bonchev–Trinajstić information content (AvgIpc) is 2.53. The zero-order chi connectivity index (χ0) is 17.1. The van der Waals surface area contributed by atoms with Crippen molar-refractivity contribution in [3.8, 4) is 0 Å². The summed E-state index contributed by atoms with van der Waals surface area (Å²) in [5.41, 5.74) is 0.522. The smallest absolute Gasteiger partial charge is 0.149 e. The summed E-state index contributed by atoms with van der Waals surface area (Å²) < 4.78 is 27.5. The van der Waals surface area contributed by atoms with Gasteiger partial charge in [-0.25, -0.2) is 18.7 Å². The van der Waals surface area contributed by atoms with Crippen LogP contribution in [-0.2, 0) is 0 Å². The molecule has 0 aliphatic carbocycles. The Morgan fingerprint density at radius 3 is 2.08 bits per heavy atom. The summed E-state index contributed by atoms with van der Waals surface area (Å²) >= 11 is 5.85. The highest BCUT2D eigenvalue weighted by Gasteiger charge is 2.10. The lowest BCUT2D eigenvalue weighted by Crippen LogP contribution is -2.03. The molecule has 0 bridgehead atoms. The molecule has 7 heteroatoms. The van der Waals surface area contributed by atoms with E-state index in [1.54, 1.807) is 37.3 Å². The van der Waals surface area contributed by atoms with E-state index in [1.165, 1.54) is 18.2 Å². The summed E-state index contributed by atoms with van der Waals surface area (Å²) in [5.74, 6) is -0.169. The minimum atomic E-state index is -0.696. The number of hydrogen-bond acceptors (Lipinski definition) is 4. The van der Waals surface area contributed by atoms with Gasteiger partial charge in [0, 0.05) is 16.8 Å². The van der Waals surface area contributed by atoms with Crippen molar-refractivity contribution in [3.63, 3.8) is 0 Å². The molecule has 1 aromatic heterocycles. The average molecular weight is 347 g/mol. The SMILES string of the molecule is Cc1nc(Nc2ccc(Cl)cc2)cc(Nc2c(F)cccc2F)n1. The van der Waals surface area contributed by atoms with Crippen molar-refractivity contribution in [2.75, 3.05) is 10.6 Å². The maximum Gasteiger partial charge on any atom is 0.149 e. The van der Waals surface area contributed by atoms with Crippen LogP contribution in [0.15, 0.2) is 48.5 Å². The number of nitrogens with one attached hydrogen (secondary N) is 2. The Labute approximate surface area is 142 Å². The Morgan fingerprint density at radius 2 is 1.46 bits per heavy atom. The molecule has 0 spiro atoms. The number of aryl methyl sites for hydroxylation is 1. The van der Waals surface area contributed by atoms with E-state index in [2.05, 4.69) is 20.6 Å². The van der Waals surface area contributed by atoms with Gasteiger partial charge in [0.15, 0.2) is 0 Å². The van der Waals surface area contributed by atoms with E-state index in [4.69, 9.17) is 11.6 Å². The summed E-state index contributed by atoms with van der Waals surface area (Å²) in [7, 11) is 0. The molecule has 2 aromatic carbocycles. The topological polar surface area (TPSA) is 49.8 Å². The molecule has 0 unspecified atom stereocenters. The predicted octanol–water partition coefficient (Wildman–Crippen LogP) is 5.20. The van der Waals surface area contributed by atoms with E-state index < -0.39 is 11.6 Å². The Balaban J connectivity index is 1.87. The van der Waals surface area contributed by atoms with Gasteiger partial charge in [-0.3, -0.25) is 0 Å². The standard InChI is InChI=1S/C17H13ClF2N4/c1-10-21-15(23-12-7-5-11(18)6-8-12)9-16(22-10)24-17-13(19)3-2-4-14(17)20/h2-9H,1H3,(H2,21,22,23,24). The van der Waals surface area contributed by atoms with Crippen LogP contribution in [0.4, 0.5) is 31.8 Å². The quantitative estimate of drug-likeness (QED) is 0.681. The fourth-order valence-corrected chi connectivity index (χ4v) is 2.25. The van der Waals surface area contributed by atoms with Crippen LogP contribution in [-0.4, -0.2) is 9.97 Å². The first-order valence-corrected chi connectivity index (χ1v) is 7.48. The van der Waals surface area contributed by atoms with Crippen molar-refractivity contribution < 1.29 is 8.78 Å². The van der Waals surface area contributed by atoms with Crippen LogP contribution in [0.5, 0.6) is 0 Å². The van der Waals surface area contributed by atoms with Gasteiger partial charge in [-0.1, -0.05) is 17.7 Å². The van der Waals surface area contributed by atoms with Gasteiger partial charge in [0.2, 0.25) is 0 Å². The number of halogens is 3. The molecule has 0 fully saturated rings. The van der Waals surface area contributed by atoms with Crippen molar-refractivity contribution in [1.82, 2.24) is 9.97 Å². The predicted molar refractivity (Wildman–Crippen MR) is 91.1 cm³/mol. The first-order chi connectivity index (χ1) is 11.5. The molecule has 2 N–H and O–H groups in total. The van der Waals surface area contributed by atoms with Crippen molar-refractivity contribution in [2.45, 2.75) is 6.92 Å². The Kier molecular flexibility index (Phi) is 4.57. The van der Waals surface area contributed by atoms with Gasteiger partial charge in [0.05, 0.1) is 0 Å². The highest BCUT2D eigenvalue weighted by atomic mass is 35.5. The van der Waals surface area contributed by atoms with Crippen molar-refractivity contribution in [1.29, 1.82) is 0 Å². The van der Waals surface area contributed by atoms with Crippen molar-refractivity contribution in [3.05, 3.63) is 71.0 Å². The molecule has 3 rings (SSSR count). The highest BCUT2D eigenvalue weighted by Crippen LogP contribution is 2.24. The maximum absolute atomic E-state index is 13.7. The molecule has 0 radical (unpaired) electrons. The molecular formula is C17H13ClF2N4. The molecule has 0 saturated heterocycles. The molecule has 0 atom stereocenters. The second-order valence-electron chi connectivity index (χ2n) is 5.04. The Morgan fingerprint density at radius 1 is 0.875 bits per heavy atom. The number of nitrogens with zero attached hydrogens (tertiary/aromatic N) is 2. The van der Waals surface area contributed by atoms with E-state index in [0.29, 0.717) is 16.7 Å². The molecule has 0 saturated carbocycles. The number of para-hydroxylation sites is 1. The van der Waals surface area contributed by atoms with E-state index in [0.717, 1.165) is 5.69 Å². The third kappa shape index (κ3) is 3.78. The first kappa shape index (κ1) is 16.1. The van der Waals surface area contributed by atoms with Gasteiger partial charge in [0.1, 0.15) is 34.8 Å². The van der Waals surface area contributed by atoms with Crippen molar-refractivity contribution >= 4 is 34.6 Å². The maximum atomic E-state index is 13.7. The van der Waals surface area contributed by atoms with E-state index in [9.17, 15) is 8.78 Å². The number of aromatic nitrogens is 2. The summed E-state index contributed by atoms with van der Waals surface area (Å²) in [6, 6.07) is 12.3. The van der Waals surface area contributed by atoms with Crippen LogP contribution >= 0.6 is 11.6 Å². The van der Waals surface area contributed by atoms with E-state index in [1.807, 2.05) is 0 Å². The monoisotopic (exact) mass is 346 g/mol. The minimum Gasteiger partial charge on any atom is -0.340 e. The number of rotatable bonds is 4. The molecule has 1 heterocycles. The van der Waals surface area contributed by atoms with Gasteiger partial charge >= 0.3 is 0 Å². The fourth-order valence-electron chi connectivity index (χ4n) is 2.12. The van der Waals surface area contributed by atoms with Crippen LogP contribution < -0.4 is 10.6 Å². The van der Waals surface area contributed by atoms with E-state index in [-0.39, 0.29) is 11.5 Å². The van der Waals surface area contributed by atoms with Gasteiger partial charge in [-0.2, -0.15) is 0 Å². The lowest BCUT2D eigenvalue weighted by atomic mass is 10.3. The lowest BCUT2D eigenvalue weighted by Gasteiger charge is -2.11. The largest absolute Gasteiger partial charge is 0.340 e. The highest BCUT2D eigenvalue weighted by molar-refractivity contribution is 6.30. The molecule has 122 valence electrons. The van der Waals surface area contributed by atoms with Gasteiger partial charge < -0.3 is 10.6 Å². The van der Waals surface area contributed by atoms with Crippen LogP contribution in [0, 0.1) is 18.6 Å². The fraction of sp³-hybridized carbons (Fsp3) is 0.0588. The second-order valence-corrected chi connectivity index (χ2v) is 5.48. The molecule has 4 nitrogen and oxygen atoms in total. The van der Waals surface area contributed by atoms with Crippen LogP contribution in [0.3, 0.4) is 0 Å². The molecule has 0 aliphatic heterocycles. The van der Waals surface area contributed by atoms with Crippen LogP contribution in [0.2, 0.25) is 5.02 Å². The van der Waals surface area contributed by atoms with Crippen LogP contribution in [0.25, 0.3) is 0 Å². The summed E-state index contributed by atoms with van der Waals surface area (Å²) in [6.45, 7) is 1.69. The number of benzene rings is 2. The molecular weight excluding hydrogens is 334 g/mol. The van der Waals surface area contributed by atoms with Crippen molar-refractivity contribution in [2.24, 2.45) is 0 Å². The Bertz CT molecular complexity index is 849. The molecule has 3 aromatic rings. The lowest BCUT2D eigenvalue weighted by molar-refractivity contribution is 0.590. The van der Waals surface area contributed by atoms with Gasteiger partial charge in [-0.05, 0) is 43.3 Å². The summed E-state index contributed by atoms with van der Waals surface area (Å²) in [6.07, 6.45) is 0. The first-order valence-electron chi connectivity index (χ1n) is 7.10. The zero-order valence-corrected chi connectivity index (χ0v) is 13.4. The van der Waals surface area contributed by atoms with Gasteiger partial charge in [-0.15, -0.1) is 0 Å². The molecule has 0 aliphatic rings. The third-order valence-electron chi connectivity index (χ3n) is 3.17. The second kappa shape index (κ2) is 6.80. The third-order valence-corrected chi connectivity index (χ3v) is 3.42. The Hall–Kier alpha value is -2.73. The summed E-state index contributed by atoms with van der Waals surface area (Å²) in [5, 5.41) is 6.37. The van der Waals surface area contributed by atoms with E-state index >= 15 is 0 Å². The normalized spacial score (nSPS) is 10.5. The molecule has 24 heavy (non-hydrogen) atoms. The molecule has 0 amide bonds. The summed E-state index contributed by atoms with van der Waals surface area (Å²) in [4.78, 5) is 8.41. The van der Waals surface area contributed by atoms with Crippen LogP contribution in [0.1, 0.15) is 5.82 Å². The number of hydrogen-bond donors (Lipinski definition) is 2. The number of anilines is 4. The minimum absolute atomic E-state index is 0.256. The van der Waals surface area contributed by atoms with Gasteiger partial charge in [0.25, 0.3) is 0 Å². The zero-order valence-electron chi connectivity index (χ0n) is 12.6.